The standard InChI is InChI=1S/C23H22N4O3/c1-4-17-6-5-7-18(13-17)25-21(28)14-24-23(30)19-10-11-22(29)27(26-19)20-12-15(2)8-9-16(20)3/h1,5-9,12-13H,10-11,14H2,2-3H3,(H,24,30)(H,25,28). The van der Waals surface area contributed by atoms with Gasteiger partial charge in [-0.25, -0.2) is 5.01 Å². The highest BCUT2D eigenvalue weighted by atomic mass is 16.2. The van der Waals surface area contributed by atoms with Gasteiger partial charge in [-0.05, 0) is 49.2 Å². The summed E-state index contributed by atoms with van der Waals surface area (Å²) in [6.07, 6.45) is 5.74. The molecule has 2 aromatic carbocycles. The zero-order chi connectivity index (χ0) is 21.7. The van der Waals surface area contributed by atoms with E-state index in [0.29, 0.717) is 16.9 Å². The zero-order valence-electron chi connectivity index (χ0n) is 16.9. The molecule has 3 rings (SSSR count). The Bertz CT molecular complexity index is 1080. The minimum absolute atomic E-state index is 0.171. The van der Waals surface area contributed by atoms with E-state index in [4.69, 9.17) is 6.42 Å². The molecule has 0 aromatic heterocycles. The van der Waals surface area contributed by atoms with Crippen LogP contribution in [0.1, 0.15) is 29.5 Å². The fourth-order valence-electron chi connectivity index (χ4n) is 3.01. The van der Waals surface area contributed by atoms with E-state index in [0.717, 1.165) is 11.1 Å². The molecule has 0 saturated carbocycles. The Hall–Kier alpha value is -3.92. The number of aryl methyl sites for hydroxylation is 2. The van der Waals surface area contributed by atoms with Crippen molar-refractivity contribution < 1.29 is 14.4 Å². The molecule has 0 saturated heterocycles. The van der Waals surface area contributed by atoms with Crippen LogP contribution in [0.25, 0.3) is 0 Å². The van der Waals surface area contributed by atoms with Gasteiger partial charge < -0.3 is 10.6 Å². The molecule has 0 atom stereocenters. The Morgan fingerprint density at radius 1 is 1.17 bits per heavy atom. The summed E-state index contributed by atoms with van der Waals surface area (Å²) < 4.78 is 0. The Morgan fingerprint density at radius 2 is 1.97 bits per heavy atom. The molecule has 0 fully saturated rings. The van der Waals surface area contributed by atoms with Gasteiger partial charge in [0.1, 0.15) is 5.71 Å². The Kier molecular flexibility index (Phi) is 6.28. The second-order valence-electron chi connectivity index (χ2n) is 7.00. The summed E-state index contributed by atoms with van der Waals surface area (Å²) >= 11 is 0. The molecule has 0 unspecified atom stereocenters. The first kappa shape index (κ1) is 20.8. The number of anilines is 2. The van der Waals surface area contributed by atoms with Gasteiger partial charge >= 0.3 is 0 Å². The Labute approximate surface area is 175 Å². The van der Waals surface area contributed by atoms with Gasteiger partial charge in [0.2, 0.25) is 11.8 Å². The second-order valence-corrected chi connectivity index (χ2v) is 7.00. The fraction of sp³-hybridized carbons (Fsp3) is 0.217. The average molecular weight is 402 g/mol. The maximum absolute atomic E-state index is 12.5. The van der Waals surface area contributed by atoms with Crippen molar-refractivity contribution in [2.45, 2.75) is 26.7 Å². The molecule has 1 aliphatic rings. The number of terminal acetylenes is 1. The number of benzene rings is 2. The van der Waals surface area contributed by atoms with E-state index >= 15 is 0 Å². The molecule has 7 nitrogen and oxygen atoms in total. The van der Waals surface area contributed by atoms with Crippen LogP contribution >= 0.6 is 0 Å². The minimum Gasteiger partial charge on any atom is -0.342 e. The van der Waals surface area contributed by atoms with E-state index in [1.807, 2.05) is 32.0 Å². The first-order valence-corrected chi connectivity index (χ1v) is 9.50. The lowest BCUT2D eigenvalue weighted by Crippen LogP contribution is -2.41. The molecule has 0 aliphatic carbocycles. The SMILES string of the molecule is C#Cc1cccc(NC(=O)CNC(=O)C2=NN(c3cc(C)ccc3C)C(=O)CC2)c1. The molecular weight excluding hydrogens is 380 g/mol. The number of hydrogen-bond donors (Lipinski definition) is 2. The van der Waals surface area contributed by atoms with Crippen LogP contribution in [-0.4, -0.2) is 30.0 Å². The molecule has 2 N–H and O–H groups in total. The summed E-state index contributed by atoms with van der Waals surface area (Å²) in [5, 5.41) is 10.8. The van der Waals surface area contributed by atoms with Crippen LogP contribution in [0, 0.1) is 26.2 Å². The Morgan fingerprint density at radius 3 is 2.73 bits per heavy atom. The van der Waals surface area contributed by atoms with Gasteiger partial charge in [0.05, 0.1) is 12.2 Å². The summed E-state index contributed by atoms with van der Waals surface area (Å²) in [4.78, 5) is 37.0. The number of nitrogens with zero attached hydrogens (tertiary/aromatic N) is 2. The van der Waals surface area contributed by atoms with E-state index in [2.05, 4.69) is 21.7 Å². The summed E-state index contributed by atoms with van der Waals surface area (Å²) in [6, 6.07) is 12.6. The normalized spacial score (nSPS) is 13.3. The highest BCUT2D eigenvalue weighted by Crippen LogP contribution is 2.25. The summed E-state index contributed by atoms with van der Waals surface area (Å²) in [5.41, 5.74) is 3.92. The van der Waals surface area contributed by atoms with Crippen LogP contribution in [0.15, 0.2) is 47.6 Å². The van der Waals surface area contributed by atoms with Crippen molar-refractivity contribution in [3.8, 4) is 12.3 Å². The highest BCUT2D eigenvalue weighted by molar-refractivity contribution is 6.40. The number of hydrazone groups is 1. The molecule has 3 amide bonds. The first-order chi connectivity index (χ1) is 14.4. The van der Waals surface area contributed by atoms with E-state index < -0.39 is 11.8 Å². The second kappa shape index (κ2) is 9.05. The molecule has 30 heavy (non-hydrogen) atoms. The molecule has 152 valence electrons. The van der Waals surface area contributed by atoms with Gasteiger partial charge in [0.25, 0.3) is 5.91 Å². The third-order valence-corrected chi connectivity index (χ3v) is 4.61. The van der Waals surface area contributed by atoms with Crippen molar-refractivity contribution in [1.29, 1.82) is 0 Å². The van der Waals surface area contributed by atoms with Crippen molar-refractivity contribution in [1.82, 2.24) is 5.32 Å². The minimum atomic E-state index is -0.481. The van der Waals surface area contributed by atoms with Gasteiger partial charge in [-0.1, -0.05) is 24.1 Å². The molecule has 1 heterocycles. The van der Waals surface area contributed by atoms with Gasteiger partial charge in [0, 0.05) is 24.1 Å². The molecule has 0 radical (unpaired) electrons. The molecule has 2 aromatic rings. The first-order valence-electron chi connectivity index (χ1n) is 9.50. The van der Waals surface area contributed by atoms with Crippen molar-refractivity contribution in [3.05, 3.63) is 59.2 Å². The zero-order valence-corrected chi connectivity index (χ0v) is 16.9. The van der Waals surface area contributed by atoms with Crippen molar-refractivity contribution in [2.75, 3.05) is 16.9 Å². The van der Waals surface area contributed by atoms with E-state index in [9.17, 15) is 14.4 Å². The van der Waals surface area contributed by atoms with Gasteiger partial charge in [-0.15, -0.1) is 6.42 Å². The topological polar surface area (TPSA) is 90.9 Å². The lowest BCUT2D eigenvalue weighted by atomic mass is 10.1. The molecule has 0 bridgehead atoms. The average Bonchev–Trinajstić information content (AvgIpc) is 2.74. The predicted octanol–water partition coefficient (Wildman–Crippen LogP) is 2.52. The number of nitrogens with one attached hydrogen (secondary N) is 2. The molecule has 0 spiro atoms. The van der Waals surface area contributed by atoms with E-state index in [1.54, 1.807) is 24.3 Å². The molecule has 7 heteroatoms. The van der Waals surface area contributed by atoms with Crippen LogP contribution in [0.3, 0.4) is 0 Å². The van der Waals surface area contributed by atoms with Crippen molar-refractivity contribution in [2.24, 2.45) is 5.10 Å². The number of hydrogen-bond acceptors (Lipinski definition) is 4. The van der Waals surface area contributed by atoms with Crippen molar-refractivity contribution >= 4 is 34.8 Å². The highest BCUT2D eigenvalue weighted by Gasteiger charge is 2.26. The van der Waals surface area contributed by atoms with Gasteiger partial charge in [-0.3, -0.25) is 14.4 Å². The molecular formula is C23H22N4O3. The van der Waals surface area contributed by atoms with Gasteiger partial charge in [0.15, 0.2) is 0 Å². The van der Waals surface area contributed by atoms with Crippen LogP contribution in [0.5, 0.6) is 0 Å². The van der Waals surface area contributed by atoms with Crippen LogP contribution < -0.4 is 15.6 Å². The third-order valence-electron chi connectivity index (χ3n) is 4.61. The third kappa shape index (κ3) is 4.92. The van der Waals surface area contributed by atoms with Crippen LogP contribution in [-0.2, 0) is 14.4 Å². The quantitative estimate of drug-likeness (QED) is 0.753. The largest absolute Gasteiger partial charge is 0.342 e. The Balaban J connectivity index is 1.65. The predicted molar refractivity (Wildman–Crippen MR) is 116 cm³/mol. The summed E-state index contributed by atoms with van der Waals surface area (Å²) in [7, 11) is 0. The molecule has 1 aliphatic heterocycles. The monoisotopic (exact) mass is 402 g/mol. The van der Waals surface area contributed by atoms with E-state index in [-0.39, 0.29) is 31.0 Å². The lowest BCUT2D eigenvalue weighted by molar-refractivity contribution is -0.120. The van der Waals surface area contributed by atoms with Crippen molar-refractivity contribution in [3.63, 3.8) is 0 Å². The summed E-state index contributed by atoms with van der Waals surface area (Å²) in [6.45, 7) is 3.58. The number of rotatable bonds is 5. The smallest absolute Gasteiger partial charge is 0.267 e. The summed E-state index contributed by atoms with van der Waals surface area (Å²) in [5.74, 6) is 1.45. The van der Waals surface area contributed by atoms with Crippen LogP contribution in [0.2, 0.25) is 0 Å². The maximum atomic E-state index is 12.5. The van der Waals surface area contributed by atoms with E-state index in [1.165, 1.54) is 5.01 Å². The number of carbonyl (C=O) groups excluding carboxylic acids is 3. The van der Waals surface area contributed by atoms with Crippen LogP contribution in [0.4, 0.5) is 11.4 Å². The lowest BCUT2D eigenvalue weighted by Gasteiger charge is -2.24. The fourth-order valence-corrected chi connectivity index (χ4v) is 3.01. The number of amides is 3. The number of carbonyl (C=O) groups is 3. The van der Waals surface area contributed by atoms with Gasteiger partial charge in [-0.2, -0.15) is 5.10 Å². The maximum Gasteiger partial charge on any atom is 0.267 e.